The Hall–Kier alpha value is -2.03. The quantitative estimate of drug-likeness (QED) is 0.621. The minimum Gasteiger partial charge on any atom is -0.329 e. The van der Waals surface area contributed by atoms with Gasteiger partial charge in [-0.05, 0) is 6.92 Å². The van der Waals surface area contributed by atoms with Crippen LogP contribution in [0.15, 0.2) is 12.4 Å². The summed E-state index contributed by atoms with van der Waals surface area (Å²) in [6.45, 7) is 4.52. The third-order valence-electron chi connectivity index (χ3n) is 1.86. The number of quaternary nitrogens is 1. The van der Waals surface area contributed by atoms with E-state index in [2.05, 4.69) is 31.3 Å². The Morgan fingerprint density at radius 3 is 2.00 bits per heavy atom. The molecule has 1 aliphatic rings. The summed E-state index contributed by atoms with van der Waals surface area (Å²) < 4.78 is 0. The van der Waals surface area contributed by atoms with Crippen molar-refractivity contribution in [2.75, 3.05) is 20.3 Å². The van der Waals surface area contributed by atoms with Crippen molar-refractivity contribution in [3.63, 3.8) is 0 Å². The Bertz CT molecular complexity index is 294. The van der Waals surface area contributed by atoms with Gasteiger partial charge in [-0.2, -0.15) is 15.8 Å². The minimum atomic E-state index is -1.10. The molecular formula is C10H14N5+. The highest BCUT2D eigenvalue weighted by Crippen LogP contribution is 1.83. The summed E-state index contributed by atoms with van der Waals surface area (Å²) in [6, 6.07) is 4.44. The van der Waals surface area contributed by atoms with Gasteiger partial charge in [0.05, 0.1) is 31.0 Å². The molecule has 0 fully saturated rings. The Morgan fingerprint density at radius 2 is 1.87 bits per heavy atom. The van der Waals surface area contributed by atoms with Gasteiger partial charge in [0, 0.05) is 7.05 Å². The van der Waals surface area contributed by atoms with Gasteiger partial charge >= 0.3 is 0 Å². The molecule has 0 aliphatic carbocycles. The van der Waals surface area contributed by atoms with Crippen molar-refractivity contribution in [2.24, 2.45) is 5.92 Å². The first-order valence-electron chi connectivity index (χ1n) is 4.59. The van der Waals surface area contributed by atoms with E-state index in [9.17, 15) is 0 Å². The van der Waals surface area contributed by atoms with Crippen LogP contribution in [-0.2, 0) is 0 Å². The highest BCUT2D eigenvalue weighted by Gasteiger charge is 2.09. The van der Waals surface area contributed by atoms with Crippen LogP contribution in [0.25, 0.3) is 0 Å². The van der Waals surface area contributed by atoms with Crippen molar-refractivity contribution >= 4 is 0 Å². The molecule has 0 aromatic rings. The van der Waals surface area contributed by atoms with Gasteiger partial charge in [-0.3, -0.25) is 4.90 Å². The fraction of sp³-hybridized carbons (Fsp3) is 0.500. The molecule has 15 heavy (non-hydrogen) atoms. The zero-order valence-electron chi connectivity index (χ0n) is 8.94. The molecule has 0 aromatic carbocycles. The number of nitrogens with one attached hydrogen (secondary N) is 1. The monoisotopic (exact) mass is 204 g/mol. The maximum Gasteiger partial charge on any atom is 0.218 e. The third-order valence-corrected chi connectivity index (χ3v) is 1.86. The summed E-state index contributed by atoms with van der Waals surface area (Å²) in [5, 5.41) is 23.5. The van der Waals surface area contributed by atoms with Gasteiger partial charge in [0.1, 0.15) is 6.20 Å². The first kappa shape index (κ1) is 13.0. The second-order valence-corrected chi connectivity index (χ2v) is 3.06. The smallest absolute Gasteiger partial charge is 0.218 e. The molecule has 0 saturated carbocycles. The molecule has 1 unspecified atom stereocenters. The molecule has 0 bridgehead atoms. The predicted octanol–water partition coefficient (Wildman–Crippen LogP) is -0.561. The summed E-state index contributed by atoms with van der Waals surface area (Å²) >= 11 is 0. The topological polar surface area (TPSA) is 79.0 Å². The molecule has 1 rings (SSSR count). The molecule has 0 saturated heterocycles. The largest absolute Gasteiger partial charge is 0.329 e. The summed E-state index contributed by atoms with van der Waals surface area (Å²) in [5.74, 6) is -1.10. The normalized spacial score (nSPS) is 17.3. The van der Waals surface area contributed by atoms with Crippen molar-refractivity contribution in [3.05, 3.63) is 12.4 Å². The van der Waals surface area contributed by atoms with Crippen LogP contribution in [-0.4, -0.2) is 25.2 Å². The lowest BCUT2D eigenvalue weighted by Gasteiger charge is -2.09. The van der Waals surface area contributed by atoms with E-state index in [1.54, 1.807) is 0 Å². The van der Waals surface area contributed by atoms with Crippen molar-refractivity contribution in [3.8, 4) is 18.2 Å². The van der Waals surface area contributed by atoms with E-state index in [0.717, 1.165) is 6.67 Å². The first-order valence-corrected chi connectivity index (χ1v) is 4.59. The first-order chi connectivity index (χ1) is 7.17. The van der Waals surface area contributed by atoms with Crippen LogP contribution in [0.3, 0.4) is 0 Å². The lowest BCUT2D eigenvalue weighted by atomic mass is 10.2. The maximum absolute atomic E-state index is 7.83. The highest BCUT2D eigenvalue weighted by molar-refractivity contribution is 5.11. The molecule has 5 heteroatoms. The van der Waals surface area contributed by atoms with Gasteiger partial charge in [-0.1, -0.05) is 0 Å². The van der Waals surface area contributed by atoms with E-state index in [1.807, 2.05) is 0 Å². The molecular weight excluding hydrogens is 190 g/mol. The van der Waals surface area contributed by atoms with Crippen molar-refractivity contribution < 1.29 is 4.90 Å². The predicted molar refractivity (Wildman–Crippen MR) is 53.6 cm³/mol. The van der Waals surface area contributed by atoms with E-state index in [4.69, 9.17) is 15.8 Å². The molecule has 5 nitrogen and oxygen atoms in total. The van der Waals surface area contributed by atoms with Crippen LogP contribution < -0.4 is 4.90 Å². The maximum atomic E-state index is 7.83. The minimum absolute atomic E-state index is 1.10. The van der Waals surface area contributed by atoms with Gasteiger partial charge in [-0.15, -0.1) is 0 Å². The highest BCUT2D eigenvalue weighted by atomic mass is 15.3. The Balaban J connectivity index is 0.000000265. The molecule has 78 valence electrons. The van der Waals surface area contributed by atoms with Crippen LogP contribution in [0.1, 0.15) is 6.92 Å². The third kappa shape index (κ3) is 5.31. The zero-order chi connectivity index (χ0) is 11.7. The van der Waals surface area contributed by atoms with Crippen LogP contribution in [0.4, 0.5) is 0 Å². The second-order valence-electron chi connectivity index (χ2n) is 3.06. The number of hydrogen-bond donors (Lipinski definition) is 1. The molecule has 1 atom stereocenters. The summed E-state index contributed by atoms with van der Waals surface area (Å²) in [4.78, 5) is 3.73. The van der Waals surface area contributed by atoms with E-state index in [1.165, 1.54) is 29.7 Å². The van der Waals surface area contributed by atoms with Crippen LogP contribution in [0, 0.1) is 39.9 Å². The summed E-state index contributed by atoms with van der Waals surface area (Å²) in [7, 11) is 2.10. The lowest BCUT2D eigenvalue weighted by molar-refractivity contribution is -0.846. The Labute approximate surface area is 90.0 Å². The average Bonchev–Trinajstić information content (AvgIpc) is 2.68. The van der Waals surface area contributed by atoms with Gasteiger partial charge in [-0.25, -0.2) is 0 Å². The summed E-state index contributed by atoms with van der Waals surface area (Å²) in [6.07, 6.45) is 4.32. The fourth-order valence-electron chi connectivity index (χ4n) is 0.975. The Kier molecular flexibility index (Phi) is 6.38. The fourth-order valence-corrected chi connectivity index (χ4v) is 0.975. The SMILES string of the molecule is CC[NH+]1C=CN(C)C1.N#CC(C#N)C#N. The second kappa shape index (κ2) is 7.38. The molecule has 0 spiro atoms. The van der Waals surface area contributed by atoms with Crippen molar-refractivity contribution in [2.45, 2.75) is 6.92 Å². The van der Waals surface area contributed by atoms with Gasteiger partial charge in [0.15, 0.2) is 6.67 Å². The van der Waals surface area contributed by atoms with Crippen LogP contribution in [0.2, 0.25) is 0 Å². The number of hydrogen-bond acceptors (Lipinski definition) is 4. The van der Waals surface area contributed by atoms with Crippen LogP contribution in [0.5, 0.6) is 0 Å². The van der Waals surface area contributed by atoms with Crippen molar-refractivity contribution in [1.29, 1.82) is 15.8 Å². The Morgan fingerprint density at radius 1 is 1.33 bits per heavy atom. The van der Waals surface area contributed by atoms with Crippen LogP contribution >= 0.6 is 0 Å². The van der Waals surface area contributed by atoms with E-state index in [0.29, 0.717) is 0 Å². The molecule has 0 radical (unpaired) electrons. The van der Waals surface area contributed by atoms with E-state index < -0.39 is 5.92 Å². The van der Waals surface area contributed by atoms with Gasteiger partial charge in [0.25, 0.3) is 0 Å². The number of rotatable bonds is 1. The molecule has 1 N–H and O–H groups in total. The number of nitriles is 3. The van der Waals surface area contributed by atoms with E-state index >= 15 is 0 Å². The van der Waals surface area contributed by atoms with Gasteiger partial charge in [0.2, 0.25) is 5.92 Å². The molecule has 1 heterocycles. The molecule has 1 aliphatic heterocycles. The van der Waals surface area contributed by atoms with E-state index in [-0.39, 0.29) is 0 Å². The lowest BCUT2D eigenvalue weighted by Crippen LogP contribution is -3.06. The number of nitrogens with zero attached hydrogens (tertiary/aromatic N) is 4. The van der Waals surface area contributed by atoms with Gasteiger partial charge < -0.3 is 4.90 Å². The zero-order valence-corrected chi connectivity index (χ0v) is 8.94. The summed E-state index contributed by atoms with van der Waals surface area (Å²) in [5.41, 5.74) is 0. The van der Waals surface area contributed by atoms with Crippen molar-refractivity contribution in [1.82, 2.24) is 4.90 Å². The molecule has 0 amide bonds. The average molecular weight is 204 g/mol. The molecule has 0 aromatic heterocycles. The standard InChI is InChI=1S/C6H12N2.C4HN3/c1-3-8-5-4-7(2)6-8;5-1-4(2-6)3-7/h4-5H,3,6H2,1-2H3;4H/p+1.